The Morgan fingerprint density at radius 1 is 0.645 bits per heavy atom. The van der Waals surface area contributed by atoms with Gasteiger partial charge in [0.15, 0.2) is 0 Å². The molecule has 0 spiro atoms. The molecule has 0 heteroatoms. The van der Waals surface area contributed by atoms with Gasteiger partial charge >= 0.3 is 0 Å². The van der Waals surface area contributed by atoms with Crippen LogP contribution in [0.15, 0.2) is 85.4 Å². The highest BCUT2D eigenvalue weighted by molar-refractivity contribution is 5.85. The highest BCUT2D eigenvalue weighted by atomic mass is 14.4. The number of rotatable bonds is 3. The molecule has 1 aliphatic rings. The molecule has 0 radical (unpaired) electrons. The molecule has 4 aromatic carbocycles. The van der Waals surface area contributed by atoms with Gasteiger partial charge in [-0.25, -0.2) is 0 Å². The van der Waals surface area contributed by atoms with Gasteiger partial charge in [-0.3, -0.25) is 0 Å². The molecule has 0 aliphatic heterocycles. The first-order valence-electron chi connectivity index (χ1n) is 11.0. The molecule has 0 saturated carbocycles. The van der Waals surface area contributed by atoms with Crippen LogP contribution in [0.4, 0.5) is 0 Å². The number of benzene rings is 4. The molecule has 4 aromatic rings. The number of aryl methyl sites for hydroxylation is 2. The summed E-state index contributed by atoms with van der Waals surface area (Å²) in [5, 5.41) is 0. The lowest BCUT2D eigenvalue weighted by Gasteiger charge is -2.22. The SMILES string of the molecule is C=Cc1cc(C)ccc1-c1ccc(-c2ccc3c(c2)C(C)(C)c2ccccc2-3)cc1C. The van der Waals surface area contributed by atoms with E-state index in [1.807, 2.05) is 6.08 Å². The standard InChI is InChI=1S/C31H28/c1-6-22-17-20(2)11-14-26(22)25-15-12-23(18-21(25)3)24-13-16-28-27-9-7-8-10-29(27)31(4,5)30(28)19-24/h6-19H,1H2,2-5H3. The van der Waals surface area contributed by atoms with Gasteiger partial charge in [-0.15, -0.1) is 0 Å². The molecule has 0 saturated heterocycles. The van der Waals surface area contributed by atoms with Gasteiger partial charge in [-0.2, -0.15) is 0 Å². The topological polar surface area (TPSA) is 0 Å². The lowest BCUT2D eigenvalue weighted by Crippen LogP contribution is -2.14. The molecule has 0 heterocycles. The van der Waals surface area contributed by atoms with Crippen molar-refractivity contribution < 1.29 is 0 Å². The zero-order chi connectivity index (χ0) is 21.8. The molecule has 0 nitrogen and oxygen atoms in total. The predicted molar refractivity (Wildman–Crippen MR) is 134 cm³/mol. The fourth-order valence-electron chi connectivity index (χ4n) is 5.13. The lowest BCUT2D eigenvalue weighted by molar-refractivity contribution is 0.660. The quantitative estimate of drug-likeness (QED) is 0.323. The van der Waals surface area contributed by atoms with Crippen LogP contribution in [0.1, 0.15) is 41.7 Å². The van der Waals surface area contributed by atoms with Crippen LogP contribution in [0.3, 0.4) is 0 Å². The van der Waals surface area contributed by atoms with Crippen LogP contribution in [-0.4, -0.2) is 0 Å². The first-order chi connectivity index (χ1) is 14.9. The molecule has 0 unspecified atom stereocenters. The van der Waals surface area contributed by atoms with E-state index >= 15 is 0 Å². The van der Waals surface area contributed by atoms with Crippen molar-refractivity contribution >= 4 is 6.08 Å². The summed E-state index contributed by atoms with van der Waals surface area (Å²) in [7, 11) is 0. The average molecular weight is 401 g/mol. The molecular formula is C31H28. The fraction of sp³-hybridized carbons (Fsp3) is 0.161. The van der Waals surface area contributed by atoms with Crippen molar-refractivity contribution in [2.75, 3.05) is 0 Å². The van der Waals surface area contributed by atoms with Crippen LogP contribution in [0.2, 0.25) is 0 Å². The van der Waals surface area contributed by atoms with Crippen molar-refractivity contribution in [2.24, 2.45) is 0 Å². The van der Waals surface area contributed by atoms with E-state index in [-0.39, 0.29) is 5.41 Å². The Morgan fingerprint density at radius 2 is 1.29 bits per heavy atom. The predicted octanol–water partition coefficient (Wildman–Crippen LogP) is 8.59. The van der Waals surface area contributed by atoms with E-state index in [4.69, 9.17) is 0 Å². The minimum Gasteiger partial charge on any atom is -0.0984 e. The van der Waals surface area contributed by atoms with Crippen molar-refractivity contribution in [3.05, 3.63) is 113 Å². The third kappa shape index (κ3) is 3.06. The highest BCUT2D eigenvalue weighted by Gasteiger charge is 2.35. The number of hydrogen-bond donors (Lipinski definition) is 0. The molecule has 152 valence electrons. The smallest absolute Gasteiger partial charge is 0.0159 e. The molecule has 31 heavy (non-hydrogen) atoms. The van der Waals surface area contributed by atoms with E-state index in [0.717, 1.165) is 0 Å². The lowest BCUT2D eigenvalue weighted by atomic mass is 9.81. The van der Waals surface area contributed by atoms with Crippen molar-refractivity contribution in [3.8, 4) is 33.4 Å². The molecular weight excluding hydrogens is 372 g/mol. The minimum absolute atomic E-state index is 0.0255. The Hall–Kier alpha value is -3.38. The van der Waals surface area contributed by atoms with E-state index < -0.39 is 0 Å². The Bertz CT molecular complexity index is 1330. The normalized spacial score (nSPS) is 13.5. The molecule has 0 bridgehead atoms. The van der Waals surface area contributed by atoms with Gasteiger partial charge in [0.05, 0.1) is 0 Å². The third-order valence-corrected chi connectivity index (χ3v) is 6.86. The maximum absolute atomic E-state index is 4.02. The van der Waals surface area contributed by atoms with Crippen molar-refractivity contribution in [1.29, 1.82) is 0 Å². The molecule has 0 amide bonds. The molecule has 1 aliphatic carbocycles. The molecule has 0 fully saturated rings. The minimum atomic E-state index is 0.0255. The molecule has 0 aromatic heterocycles. The summed E-state index contributed by atoms with van der Waals surface area (Å²) >= 11 is 0. The van der Waals surface area contributed by atoms with Gasteiger partial charge in [-0.1, -0.05) is 105 Å². The zero-order valence-electron chi connectivity index (χ0n) is 18.8. The van der Waals surface area contributed by atoms with Crippen LogP contribution in [0, 0.1) is 13.8 Å². The van der Waals surface area contributed by atoms with Crippen LogP contribution in [-0.2, 0) is 5.41 Å². The second-order valence-corrected chi connectivity index (χ2v) is 9.26. The largest absolute Gasteiger partial charge is 0.0984 e. The van der Waals surface area contributed by atoms with E-state index in [1.54, 1.807) is 0 Å². The van der Waals surface area contributed by atoms with Crippen LogP contribution in [0.5, 0.6) is 0 Å². The highest BCUT2D eigenvalue weighted by Crippen LogP contribution is 2.49. The van der Waals surface area contributed by atoms with E-state index in [0.29, 0.717) is 0 Å². The van der Waals surface area contributed by atoms with E-state index in [2.05, 4.69) is 113 Å². The average Bonchev–Trinajstić information content (AvgIpc) is 3.01. The van der Waals surface area contributed by atoms with E-state index in [9.17, 15) is 0 Å². The Labute approximate surface area is 185 Å². The van der Waals surface area contributed by atoms with Gasteiger partial charge in [-0.05, 0) is 75.5 Å². The summed E-state index contributed by atoms with van der Waals surface area (Å²) in [6.45, 7) is 13.0. The molecule has 0 N–H and O–H groups in total. The summed E-state index contributed by atoms with van der Waals surface area (Å²) in [5.41, 5.74) is 14.4. The second-order valence-electron chi connectivity index (χ2n) is 9.26. The first-order valence-corrected chi connectivity index (χ1v) is 11.0. The first kappa shape index (κ1) is 19.6. The number of hydrogen-bond acceptors (Lipinski definition) is 0. The summed E-state index contributed by atoms with van der Waals surface area (Å²) in [4.78, 5) is 0. The van der Waals surface area contributed by atoms with Crippen molar-refractivity contribution in [1.82, 2.24) is 0 Å². The maximum Gasteiger partial charge on any atom is 0.0159 e. The Morgan fingerprint density at radius 3 is 2.03 bits per heavy atom. The third-order valence-electron chi connectivity index (χ3n) is 6.86. The van der Waals surface area contributed by atoms with Gasteiger partial charge in [0.2, 0.25) is 0 Å². The summed E-state index contributed by atoms with van der Waals surface area (Å²) in [6, 6.07) is 29.2. The summed E-state index contributed by atoms with van der Waals surface area (Å²) in [6.07, 6.45) is 1.95. The second kappa shape index (κ2) is 7.10. The van der Waals surface area contributed by atoms with Gasteiger partial charge < -0.3 is 0 Å². The van der Waals surface area contributed by atoms with Gasteiger partial charge in [0.1, 0.15) is 0 Å². The molecule has 0 atom stereocenters. The Kier molecular flexibility index (Phi) is 4.48. The maximum atomic E-state index is 4.02. The van der Waals surface area contributed by atoms with Gasteiger partial charge in [0.25, 0.3) is 0 Å². The fourth-order valence-corrected chi connectivity index (χ4v) is 5.13. The molecule has 5 rings (SSSR count). The van der Waals surface area contributed by atoms with Crippen LogP contribution < -0.4 is 0 Å². The zero-order valence-corrected chi connectivity index (χ0v) is 18.8. The summed E-state index contributed by atoms with van der Waals surface area (Å²) in [5.74, 6) is 0. The van der Waals surface area contributed by atoms with E-state index in [1.165, 1.54) is 61.2 Å². The monoisotopic (exact) mass is 400 g/mol. The van der Waals surface area contributed by atoms with Crippen molar-refractivity contribution in [3.63, 3.8) is 0 Å². The van der Waals surface area contributed by atoms with Gasteiger partial charge in [0, 0.05) is 5.41 Å². The van der Waals surface area contributed by atoms with Crippen LogP contribution in [0.25, 0.3) is 39.5 Å². The summed E-state index contributed by atoms with van der Waals surface area (Å²) < 4.78 is 0. The van der Waals surface area contributed by atoms with Crippen LogP contribution >= 0.6 is 0 Å². The Balaban J connectivity index is 1.59. The number of fused-ring (bicyclic) bond motifs is 3. The van der Waals surface area contributed by atoms with Crippen molar-refractivity contribution in [2.45, 2.75) is 33.1 Å².